The fraction of sp³-hybridized carbons (Fsp3) is 0. The largest absolute Gasteiger partial charge is 0.454 e. The number of rotatable bonds is 7. The van der Waals surface area contributed by atoms with Crippen LogP contribution in [-0.2, 0) is 0 Å². The van der Waals surface area contributed by atoms with Crippen molar-refractivity contribution in [2.75, 3.05) is 0 Å². The number of furan rings is 1. The second-order valence-electron chi connectivity index (χ2n) is 21.5. The number of para-hydroxylation sites is 6. The van der Waals surface area contributed by atoms with Crippen LogP contribution in [0.25, 0.3) is 166 Å². The molecule has 0 aliphatic carbocycles. The summed E-state index contributed by atoms with van der Waals surface area (Å²) in [7, 11) is 0. The molecule has 0 amide bonds. The Morgan fingerprint density at radius 3 is 1.19 bits per heavy atom. The van der Waals surface area contributed by atoms with Crippen molar-refractivity contribution in [1.82, 2.24) is 33.2 Å². The average molecular weight is 1060 g/mol. The van der Waals surface area contributed by atoms with Crippen LogP contribution in [0.2, 0.25) is 0 Å². The molecule has 0 saturated carbocycles. The monoisotopic (exact) mass is 1060 g/mol. The lowest BCUT2D eigenvalue weighted by Gasteiger charge is -2.13. The van der Waals surface area contributed by atoms with Crippen molar-refractivity contribution in [2.24, 2.45) is 0 Å². The fourth-order valence-corrected chi connectivity index (χ4v) is 13.5. The van der Waals surface area contributed by atoms with E-state index in [-0.39, 0.29) is 0 Å². The van der Waals surface area contributed by atoms with Crippen LogP contribution in [-0.4, -0.2) is 33.2 Å². The molecule has 0 aliphatic rings. The minimum absolute atomic E-state index is 0.555. The molecule has 0 radical (unpaired) electrons. The molecule has 18 rings (SSSR count). The predicted molar refractivity (Wildman–Crippen MR) is 341 cm³/mol. The van der Waals surface area contributed by atoms with Crippen LogP contribution >= 0.6 is 0 Å². The molecule has 12 aromatic carbocycles. The normalized spacial score (nSPS) is 12.1. The maximum absolute atomic E-state index is 7.32. The highest BCUT2D eigenvalue weighted by Gasteiger charge is 2.26. The van der Waals surface area contributed by atoms with Gasteiger partial charge in [-0.1, -0.05) is 182 Å². The summed E-state index contributed by atoms with van der Waals surface area (Å²) in [6.07, 6.45) is 0. The number of aromatic nitrogens is 7. The molecule has 8 nitrogen and oxygen atoms in total. The van der Waals surface area contributed by atoms with Crippen molar-refractivity contribution in [3.05, 3.63) is 273 Å². The molecule has 0 aliphatic heterocycles. The Hall–Kier alpha value is -11.4. The van der Waals surface area contributed by atoms with Crippen LogP contribution in [0, 0.1) is 0 Å². The molecular weight excluding hydrogens is 1010 g/mol. The van der Waals surface area contributed by atoms with Crippen molar-refractivity contribution in [1.29, 1.82) is 0 Å². The van der Waals surface area contributed by atoms with E-state index in [1.165, 1.54) is 43.4 Å². The zero-order valence-corrected chi connectivity index (χ0v) is 44.5. The van der Waals surface area contributed by atoms with Crippen LogP contribution in [0.15, 0.2) is 277 Å². The van der Waals surface area contributed by atoms with Gasteiger partial charge >= 0.3 is 0 Å². The topological polar surface area (TPSA) is 71.5 Å². The SMILES string of the molecule is c1ccc(-c2nc(-c3ccccc3)nc(-c3cc(-n4c5ccccc5c5c4ccc4c6ccccc6n(-c6ccccc6)c45)c4oc5ccc(-n6c7ccccc7c7c6ccc6c8ccccc8n(-c8ccccc8)c67)cc5c4c3)n2)cc1. The Morgan fingerprint density at radius 1 is 0.253 bits per heavy atom. The number of hydrogen-bond acceptors (Lipinski definition) is 4. The van der Waals surface area contributed by atoms with Gasteiger partial charge in [0.15, 0.2) is 23.1 Å². The standard InChI is InChI=1S/C75H45N7O/c1-5-21-46(22-6-1)73-76-74(47-23-7-2-8-24-47)78-75(77-73)48-43-59-58-45-51(79-62-35-19-15-31-56(62)68-64(79)40-38-54-52-29-13-17-33-60(52)80(70(54)68)49-25-9-3-10-26-49)37-42-67(58)83-72(59)66(44-48)82-63-36-20-16-32-57(63)69-65(82)41-39-55-53-30-14-18-34-61(53)81(71(55)69)50-27-11-4-12-28-50/h1-45H. The van der Waals surface area contributed by atoms with E-state index in [0.717, 1.165) is 105 Å². The molecule has 83 heavy (non-hydrogen) atoms. The Balaban J connectivity index is 0.947. The summed E-state index contributed by atoms with van der Waals surface area (Å²) in [5, 5.41) is 11.4. The first kappa shape index (κ1) is 45.5. The van der Waals surface area contributed by atoms with Crippen LogP contribution < -0.4 is 0 Å². The summed E-state index contributed by atoms with van der Waals surface area (Å²) < 4.78 is 17.0. The molecule has 6 heterocycles. The minimum Gasteiger partial charge on any atom is -0.454 e. The molecule has 386 valence electrons. The van der Waals surface area contributed by atoms with Gasteiger partial charge in [-0.15, -0.1) is 0 Å². The molecule has 0 unspecified atom stereocenters. The number of benzene rings is 12. The van der Waals surface area contributed by atoms with Gasteiger partial charge in [0, 0.05) is 87.6 Å². The highest BCUT2D eigenvalue weighted by atomic mass is 16.3. The maximum Gasteiger partial charge on any atom is 0.164 e. The van der Waals surface area contributed by atoms with E-state index in [0.29, 0.717) is 17.5 Å². The molecule has 0 N–H and O–H groups in total. The lowest BCUT2D eigenvalue weighted by molar-refractivity contribution is 0.666. The van der Waals surface area contributed by atoms with Gasteiger partial charge in [-0.05, 0) is 91.0 Å². The molecular formula is C75H45N7O. The quantitative estimate of drug-likeness (QED) is 0.159. The number of nitrogens with zero attached hydrogens (tertiary/aromatic N) is 7. The van der Waals surface area contributed by atoms with Crippen molar-refractivity contribution in [3.63, 3.8) is 0 Å². The first-order valence-corrected chi connectivity index (χ1v) is 28.1. The van der Waals surface area contributed by atoms with E-state index in [2.05, 4.69) is 255 Å². The molecule has 0 saturated heterocycles. The van der Waals surface area contributed by atoms with Crippen LogP contribution in [0.5, 0.6) is 0 Å². The summed E-state index contributed by atoms with van der Waals surface area (Å²) in [5.74, 6) is 1.74. The second-order valence-corrected chi connectivity index (χ2v) is 21.5. The maximum atomic E-state index is 7.32. The first-order valence-electron chi connectivity index (χ1n) is 28.1. The minimum atomic E-state index is 0.555. The molecule has 0 atom stereocenters. The Labute approximate surface area is 474 Å². The van der Waals surface area contributed by atoms with E-state index in [1.807, 2.05) is 36.4 Å². The van der Waals surface area contributed by atoms with Crippen molar-refractivity contribution >= 4 is 109 Å². The smallest absolute Gasteiger partial charge is 0.164 e. The number of hydrogen-bond donors (Lipinski definition) is 0. The molecule has 0 spiro atoms. The summed E-state index contributed by atoms with van der Waals surface area (Å²) in [5.41, 5.74) is 17.3. The molecule has 0 fully saturated rings. The van der Waals surface area contributed by atoms with Gasteiger partial charge in [-0.25, -0.2) is 15.0 Å². The van der Waals surface area contributed by atoms with Crippen LogP contribution in [0.4, 0.5) is 0 Å². The fourth-order valence-electron chi connectivity index (χ4n) is 13.5. The van der Waals surface area contributed by atoms with E-state index in [4.69, 9.17) is 19.4 Å². The van der Waals surface area contributed by atoms with Crippen molar-refractivity contribution in [3.8, 4) is 56.9 Å². The molecule has 0 bridgehead atoms. The Kier molecular flexibility index (Phi) is 9.64. The average Bonchev–Trinajstić information content (AvgIpc) is 2.01. The Morgan fingerprint density at radius 2 is 0.675 bits per heavy atom. The van der Waals surface area contributed by atoms with Gasteiger partial charge in [0.25, 0.3) is 0 Å². The third-order valence-corrected chi connectivity index (χ3v) is 17.0. The van der Waals surface area contributed by atoms with Crippen LogP contribution in [0.3, 0.4) is 0 Å². The molecule has 6 aromatic heterocycles. The second kappa shape index (κ2) is 17.6. The molecule has 18 aromatic rings. The summed E-state index contributed by atoms with van der Waals surface area (Å²) in [6, 6.07) is 97.2. The van der Waals surface area contributed by atoms with E-state index in [9.17, 15) is 0 Å². The van der Waals surface area contributed by atoms with Crippen molar-refractivity contribution in [2.45, 2.75) is 0 Å². The van der Waals surface area contributed by atoms with E-state index >= 15 is 0 Å². The third-order valence-electron chi connectivity index (χ3n) is 17.0. The lowest BCUT2D eigenvalue weighted by atomic mass is 10.1. The van der Waals surface area contributed by atoms with Gasteiger partial charge in [-0.3, -0.25) is 0 Å². The third kappa shape index (κ3) is 6.66. The van der Waals surface area contributed by atoms with Gasteiger partial charge in [-0.2, -0.15) is 0 Å². The van der Waals surface area contributed by atoms with Gasteiger partial charge in [0.2, 0.25) is 0 Å². The van der Waals surface area contributed by atoms with Crippen LogP contribution in [0.1, 0.15) is 0 Å². The zero-order chi connectivity index (χ0) is 54.3. The predicted octanol–water partition coefficient (Wildman–Crippen LogP) is 19.2. The van der Waals surface area contributed by atoms with Gasteiger partial charge in [0.05, 0.1) is 49.8 Å². The van der Waals surface area contributed by atoms with Crippen molar-refractivity contribution < 1.29 is 4.42 Å². The Bertz CT molecular complexity index is 5620. The zero-order valence-electron chi connectivity index (χ0n) is 44.5. The van der Waals surface area contributed by atoms with E-state index < -0.39 is 0 Å². The summed E-state index contributed by atoms with van der Waals surface area (Å²) in [4.78, 5) is 15.8. The highest BCUT2D eigenvalue weighted by Crippen LogP contribution is 2.47. The number of fused-ring (bicyclic) bond motifs is 17. The molecule has 8 heteroatoms. The highest BCUT2D eigenvalue weighted by molar-refractivity contribution is 6.28. The first-order chi connectivity index (χ1) is 41.2. The summed E-state index contributed by atoms with van der Waals surface area (Å²) >= 11 is 0. The summed E-state index contributed by atoms with van der Waals surface area (Å²) in [6.45, 7) is 0. The van der Waals surface area contributed by atoms with E-state index in [1.54, 1.807) is 0 Å². The lowest BCUT2D eigenvalue weighted by Crippen LogP contribution is -2.01. The van der Waals surface area contributed by atoms with Gasteiger partial charge in [0.1, 0.15) is 5.58 Å². The van der Waals surface area contributed by atoms with Gasteiger partial charge < -0.3 is 22.7 Å².